The van der Waals surface area contributed by atoms with Gasteiger partial charge in [-0.05, 0) is 49.2 Å². The zero-order valence-electron chi connectivity index (χ0n) is 11.3. The summed E-state index contributed by atoms with van der Waals surface area (Å²) in [6.07, 6.45) is 4.14. The minimum atomic E-state index is -0.213. The molecule has 1 fully saturated rings. The van der Waals surface area contributed by atoms with Crippen LogP contribution in [0, 0.1) is 12.7 Å². The highest BCUT2D eigenvalue weighted by molar-refractivity contribution is 7.99. The summed E-state index contributed by atoms with van der Waals surface area (Å²) in [7, 11) is 0. The van der Waals surface area contributed by atoms with Gasteiger partial charge >= 0.3 is 0 Å². The number of hydrogen-bond acceptors (Lipinski definition) is 4. The molecular weight excluding hydrogens is 273 g/mol. The van der Waals surface area contributed by atoms with E-state index in [0.29, 0.717) is 22.6 Å². The quantitative estimate of drug-likeness (QED) is 0.857. The van der Waals surface area contributed by atoms with E-state index in [1.54, 1.807) is 12.3 Å². The number of aryl methyl sites for hydroxylation is 1. The molecule has 1 aromatic carbocycles. The molecule has 1 aromatic heterocycles. The first-order valence-electron chi connectivity index (χ1n) is 6.70. The van der Waals surface area contributed by atoms with Crippen LogP contribution in [0.4, 0.5) is 4.39 Å². The molecule has 1 saturated carbocycles. The van der Waals surface area contributed by atoms with Crippen LogP contribution in [0.25, 0.3) is 0 Å². The second-order valence-electron chi connectivity index (χ2n) is 4.97. The lowest BCUT2D eigenvalue weighted by Crippen LogP contribution is -2.16. The summed E-state index contributed by atoms with van der Waals surface area (Å²) in [4.78, 5) is 9.13. The highest BCUT2D eigenvalue weighted by Gasteiger charge is 2.21. The third kappa shape index (κ3) is 3.35. The molecule has 0 amide bonds. The molecular formula is C15H16FN3S. The molecule has 0 bridgehead atoms. The molecule has 20 heavy (non-hydrogen) atoms. The topological polar surface area (TPSA) is 37.8 Å². The summed E-state index contributed by atoms with van der Waals surface area (Å²) in [6, 6.07) is 7.63. The van der Waals surface area contributed by atoms with Crippen LogP contribution in [0.15, 0.2) is 40.5 Å². The maximum atomic E-state index is 14.1. The van der Waals surface area contributed by atoms with Gasteiger partial charge < -0.3 is 5.32 Å². The van der Waals surface area contributed by atoms with Gasteiger partial charge in [0.05, 0.1) is 4.90 Å². The standard InChI is InChI=1S/C15H16FN3S/c1-10-7-8-17-15(19-10)20-14-11(3-2-4-13(14)16)9-18-12-5-6-12/h2-4,7-8,12,18H,5-6,9H2,1H3. The Hall–Kier alpha value is -1.46. The number of aromatic nitrogens is 2. The molecule has 2 aromatic rings. The van der Waals surface area contributed by atoms with Crippen molar-refractivity contribution in [2.45, 2.75) is 42.4 Å². The fourth-order valence-corrected chi connectivity index (χ4v) is 2.84. The van der Waals surface area contributed by atoms with Crippen molar-refractivity contribution in [2.75, 3.05) is 0 Å². The smallest absolute Gasteiger partial charge is 0.192 e. The SMILES string of the molecule is Cc1ccnc(Sc2c(F)cccc2CNC2CC2)n1. The molecule has 1 aliphatic carbocycles. The van der Waals surface area contributed by atoms with Crippen molar-refractivity contribution < 1.29 is 4.39 Å². The van der Waals surface area contributed by atoms with E-state index in [-0.39, 0.29) is 5.82 Å². The summed E-state index contributed by atoms with van der Waals surface area (Å²) in [5.74, 6) is -0.213. The Labute approximate surface area is 122 Å². The predicted molar refractivity (Wildman–Crippen MR) is 77.2 cm³/mol. The number of nitrogens with zero attached hydrogens (tertiary/aromatic N) is 2. The molecule has 1 N–H and O–H groups in total. The minimum absolute atomic E-state index is 0.213. The van der Waals surface area contributed by atoms with Crippen LogP contribution >= 0.6 is 11.8 Å². The van der Waals surface area contributed by atoms with Gasteiger partial charge in [-0.1, -0.05) is 12.1 Å². The van der Waals surface area contributed by atoms with E-state index in [2.05, 4.69) is 15.3 Å². The van der Waals surface area contributed by atoms with Crippen LogP contribution in [0.1, 0.15) is 24.1 Å². The lowest BCUT2D eigenvalue weighted by atomic mass is 10.2. The van der Waals surface area contributed by atoms with Crippen molar-refractivity contribution in [1.82, 2.24) is 15.3 Å². The van der Waals surface area contributed by atoms with Gasteiger partial charge in [0.1, 0.15) is 5.82 Å². The number of rotatable bonds is 5. The van der Waals surface area contributed by atoms with Gasteiger partial charge in [-0.25, -0.2) is 14.4 Å². The molecule has 104 valence electrons. The van der Waals surface area contributed by atoms with Crippen molar-refractivity contribution in [3.05, 3.63) is 47.5 Å². The van der Waals surface area contributed by atoms with Crippen molar-refractivity contribution in [3.8, 4) is 0 Å². The molecule has 1 aliphatic rings. The lowest BCUT2D eigenvalue weighted by molar-refractivity contribution is 0.588. The number of benzene rings is 1. The third-order valence-electron chi connectivity index (χ3n) is 3.17. The van der Waals surface area contributed by atoms with E-state index < -0.39 is 0 Å². The van der Waals surface area contributed by atoms with Crippen molar-refractivity contribution in [3.63, 3.8) is 0 Å². The van der Waals surface area contributed by atoms with Gasteiger partial charge in [0.15, 0.2) is 5.16 Å². The van der Waals surface area contributed by atoms with E-state index >= 15 is 0 Å². The average Bonchev–Trinajstić information content (AvgIpc) is 3.24. The van der Waals surface area contributed by atoms with Gasteiger partial charge in [0.2, 0.25) is 0 Å². The highest BCUT2D eigenvalue weighted by Crippen LogP contribution is 2.31. The molecule has 0 aliphatic heterocycles. The average molecular weight is 289 g/mol. The zero-order chi connectivity index (χ0) is 13.9. The van der Waals surface area contributed by atoms with Crippen molar-refractivity contribution in [1.29, 1.82) is 0 Å². The van der Waals surface area contributed by atoms with Gasteiger partial charge in [-0.2, -0.15) is 0 Å². The summed E-state index contributed by atoms with van der Waals surface area (Å²) < 4.78 is 14.1. The van der Waals surface area contributed by atoms with Crippen LogP contribution in [0.3, 0.4) is 0 Å². The van der Waals surface area contributed by atoms with Crippen molar-refractivity contribution >= 4 is 11.8 Å². The molecule has 1 heterocycles. The molecule has 0 saturated heterocycles. The first-order chi connectivity index (χ1) is 9.72. The van der Waals surface area contributed by atoms with Crippen LogP contribution in [0.2, 0.25) is 0 Å². The third-order valence-corrected chi connectivity index (χ3v) is 4.21. The molecule has 3 rings (SSSR count). The Bertz CT molecular complexity index is 614. The highest BCUT2D eigenvalue weighted by atomic mass is 32.2. The Morgan fingerprint density at radius 3 is 2.95 bits per heavy atom. The molecule has 0 unspecified atom stereocenters. The van der Waals surface area contributed by atoms with Crippen LogP contribution in [-0.2, 0) is 6.54 Å². The Balaban J connectivity index is 1.82. The number of nitrogens with one attached hydrogen (secondary N) is 1. The first-order valence-corrected chi connectivity index (χ1v) is 7.52. The summed E-state index contributed by atoms with van der Waals surface area (Å²) in [6.45, 7) is 2.60. The lowest BCUT2D eigenvalue weighted by Gasteiger charge is -2.10. The Kier molecular flexibility index (Phi) is 3.98. The van der Waals surface area contributed by atoms with Gasteiger partial charge in [-0.3, -0.25) is 0 Å². The number of hydrogen-bond donors (Lipinski definition) is 1. The number of halogens is 1. The molecule has 0 atom stereocenters. The maximum Gasteiger partial charge on any atom is 0.192 e. The predicted octanol–water partition coefficient (Wildman–Crippen LogP) is 3.33. The van der Waals surface area contributed by atoms with Gasteiger partial charge in [0, 0.05) is 24.5 Å². The summed E-state index contributed by atoms with van der Waals surface area (Å²) in [5.41, 5.74) is 1.85. The minimum Gasteiger partial charge on any atom is -0.310 e. The zero-order valence-corrected chi connectivity index (χ0v) is 12.1. The maximum absolute atomic E-state index is 14.1. The van der Waals surface area contributed by atoms with Crippen LogP contribution in [-0.4, -0.2) is 16.0 Å². The summed E-state index contributed by atoms with van der Waals surface area (Å²) in [5, 5.41) is 4.00. The largest absolute Gasteiger partial charge is 0.310 e. The fourth-order valence-electron chi connectivity index (χ4n) is 1.92. The molecule has 0 radical (unpaired) electrons. The molecule has 5 heteroatoms. The van der Waals surface area contributed by atoms with E-state index in [1.165, 1.54) is 30.7 Å². The first kappa shape index (κ1) is 13.5. The monoisotopic (exact) mass is 289 g/mol. The second-order valence-corrected chi connectivity index (χ2v) is 5.94. The van der Waals surface area contributed by atoms with Crippen LogP contribution < -0.4 is 5.32 Å². The molecule has 3 nitrogen and oxygen atoms in total. The van der Waals surface area contributed by atoms with E-state index in [1.807, 2.05) is 19.1 Å². The Morgan fingerprint density at radius 1 is 1.35 bits per heavy atom. The van der Waals surface area contributed by atoms with E-state index in [9.17, 15) is 4.39 Å². The Morgan fingerprint density at radius 2 is 2.20 bits per heavy atom. The second kappa shape index (κ2) is 5.89. The van der Waals surface area contributed by atoms with Crippen LogP contribution in [0.5, 0.6) is 0 Å². The van der Waals surface area contributed by atoms with Crippen molar-refractivity contribution in [2.24, 2.45) is 0 Å². The van der Waals surface area contributed by atoms with E-state index in [4.69, 9.17) is 0 Å². The molecule has 0 spiro atoms. The normalized spacial score (nSPS) is 14.5. The fraction of sp³-hybridized carbons (Fsp3) is 0.333. The van der Waals surface area contributed by atoms with E-state index in [0.717, 1.165) is 11.3 Å². The van der Waals surface area contributed by atoms with Gasteiger partial charge in [-0.15, -0.1) is 0 Å². The summed E-state index contributed by atoms with van der Waals surface area (Å²) >= 11 is 1.29. The van der Waals surface area contributed by atoms with Gasteiger partial charge in [0.25, 0.3) is 0 Å².